The van der Waals surface area contributed by atoms with Gasteiger partial charge in [-0.2, -0.15) is 0 Å². The standard InChI is InChI=1S/C22H28O3/c1-13(24)17-6-7-18-16-5-4-15-10-20(25)14(12-23)11-22(15,3)19(16)8-9-21(17,18)2/h10-12,16-19H,4-9H2,1-3H3/t16-,17+,18-,19-,21+,22-/m0/s1. The Morgan fingerprint density at radius 3 is 2.60 bits per heavy atom. The van der Waals surface area contributed by atoms with Crippen LogP contribution in [0.3, 0.4) is 0 Å². The second-order valence-corrected chi connectivity index (χ2v) is 9.23. The maximum Gasteiger partial charge on any atom is 0.188 e. The molecule has 4 aliphatic rings. The summed E-state index contributed by atoms with van der Waals surface area (Å²) in [6, 6.07) is 0. The molecule has 0 aromatic rings. The molecule has 0 bridgehead atoms. The van der Waals surface area contributed by atoms with Gasteiger partial charge in [-0.1, -0.05) is 25.5 Å². The van der Waals surface area contributed by atoms with Gasteiger partial charge in [-0.25, -0.2) is 0 Å². The van der Waals surface area contributed by atoms with Gasteiger partial charge in [-0.05, 0) is 74.7 Å². The van der Waals surface area contributed by atoms with Crippen LogP contribution >= 0.6 is 0 Å². The molecule has 0 amide bonds. The van der Waals surface area contributed by atoms with Crippen LogP contribution in [0.1, 0.15) is 59.3 Å². The summed E-state index contributed by atoms with van der Waals surface area (Å²) < 4.78 is 0. The first-order valence-electron chi connectivity index (χ1n) is 9.75. The van der Waals surface area contributed by atoms with E-state index in [1.54, 1.807) is 13.0 Å². The Bertz CT molecular complexity index is 715. The third-order valence-corrected chi connectivity index (χ3v) is 8.31. The topological polar surface area (TPSA) is 51.2 Å². The number of carbonyl (C=O) groups is 3. The molecule has 25 heavy (non-hydrogen) atoms. The van der Waals surface area contributed by atoms with Crippen LogP contribution in [0.25, 0.3) is 0 Å². The molecular formula is C22H28O3. The molecule has 134 valence electrons. The highest BCUT2D eigenvalue weighted by Gasteiger charge is 2.59. The van der Waals surface area contributed by atoms with Gasteiger partial charge in [0.1, 0.15) is 5.78 Å². The lowest BCUT2D eigenvalue weighted by Gasteiger charge is -2.57. The van der Waals surface area contributed by atoms with Gasteiger partial charge in [0.25, 0.3) is 0 Å². The Morgan fingerprint density at radius 1 is 1.16 bits per heavy atom. The summed E-state index contributed by atoms with van der Waals surface area (Å²) in [6.07, 6.45) is 10.9. The highest BCUT2D eigenvalue weighted by atomic mass is 16.1. The van der Waals surface area contributed by atoms with Crippen molar-refractivity contribution < 1.29 is 14.4 Å². The summed E-state index contributed by atoms with van der Waals surface area (Å²) in [7, 11) is 0. The van der Waals surface area contributed by atoms with Crippen molar-refractivity contribution >= 4 is 17.9 Å². The molecule has 4 aliphatic carbocycles. The van der Waals surface area contributed by atoms with Gasteiger partial charge in [0.2, 0.25) is 0 Å². The fraction of sp³-hybridized carbons (Fsp3) is 0.682. The van der Waals surface area contributed by atoms with Crippen LogP contribution in [0.2, 0.25) is 0 Å². The molecule has 0 heterocycles. The van der Waals surface area contributed by atoms with Gasteiger partial charge in [0.15, 0.2) is 12.1 Å². The van der Waals surface area contributed by atoms with E-state index in [-0.39, 0.29) is 22.5 Å². The number of allylic oxidation sites excluding steroid dienone is 4. The van der Waals surface area contributed by atoms with E-state index < -0.39 is 0 Å². The van der Waals surface area contributed by atoms with E-state index in [4.69, 9.17) is 0 Å². The fourth-order valence-corrected chi connectivity index (χ4v) is 7.09. The molecule has 3 nitrogen and oxygen atoms in total. The summed E-state index contributed by atoms with van der Waals surface area (Å²) in [6.45, 7) is 6.34. The maximum atomic E-state index is 12.2. The van der Waals surface area contributed by atoms with E-state index >= 15 is 0 Å². The number of hydrogen-bond donors (Lipinski definition) is 0. The highest BCUT2D eigenvalue weighted by Crippen LogP contribution is 2.66. The normalized spacial score (nSPS) is 45.6. The van der Waals surface area contributed by atoms with E-state index in [9.17, 15) is 14.4 Å². The molecule has 0 aromatic carbocycles. The van der Waals surface area contributed by atoms with Crippen LogP contribution in [0, 0.1) is 34.5 Å². The Kier molecular flexibility index (Phi) is 3.72. The van der Waals surface area contributed by atoms with E-state index in [1.807, 2.05) is 6.08 Å². The summed E-state index contributed by atoms with van der Waals surface area (Å²) in [5, 5.41) is 0. The number of Topliss-reactive ketones (excluding diaryl/α,β-unsaturated/α-hetero) is 1. The van der Waals surface area contributed by atoms with E-state index in [1.165, 1.54) is 5.57 Å². The van der Waals surface area contributed by atoms with E-state index in [0.29, 0.717) is 29.1 Å². The molecule has 0 radical (unpaired) electrons. The van der Waals surface area contributed by atoms with Crippen molar-refractivity contribution in [3.63, 3.8) is 0 Å². The Hall–Kier alpha value is -1.51. The average molecular weight is 340 g/mol. The smallest absolute Gasteiger partial charge is 0.188 e. The number of rotatable bonds is 2. The Balaban J connectivity index is 1.71. The number of carbonyl (C=O) groups excluding carboxylic acids is 3. The lowest BCUT2D eigenvalue weighted by Crippen LogP contribution is -2.50. The van der Waals surface area contributed by atoms with Crippen LogP contribution in [-0.4, -0.2) is 17.9 Å². The molecule has 0 unspecified atom stereocenters. The predicted octanol–water partition coefficient (Wildman–Crippen LogP) is 4.07. The second-order valence-electron chi connectivity index (χ2n) is 9.23. The average Bonchev–Trinajstić information content (AvgIpc) is 2.92. The maximum absolute atomic E-state index is 12.2. The molecule has 0 saturated heterocycles. The number of ketones is 2. The van der Waals surface area contributed by atoms with Crippen LogP contribution < -0.4 is 0 Å². The fourth-order valence-electron chi connectivity index (χ4n) is 7.09. The summed E-state index contributed by atoms with van der Waals surface area (Å²) in [5.74, 6) is 2.14. The molecule has 3 fully saturated rings. The van der Waals surface area contributed by atoms with Crippen molar-refractivity contribution in [1.29, 1.82) is 0 Å². The summed E-state index contributed by atoms with van der Waals surface area (Å²) in [4.78, 5) is 35.6. The van der Waals surface area contributed by atoms with Gasteiger partial charge in [-0.3, -0.25) is 14.4 Å². The second kappa shape index (κ2) is 5.49. The first kappa shape index (κ1) is 16.9. The highest BCUT2D eigenvalue weighted by molar-refractivity contribution is 6.18. The van der Waals surface area contributed by atoms with Crippen LogP contribution in [0.4, 0.5) is 0 Å². The van der Waals surface area contributed by atoms with E-state index in [2.05, 4.69) is 13.8 Å². The zero-order valence-electron chi connectivity index (χ0n) is 15.5. The van der Waals surface area contributed by atoms with Crippen LogP contribution in [-0.2, 0) is 14.4 Å². The van der Waals surface area contributed by atoms with Crippen LogP contribution in [0.5, 0.6) is 0 Å². The Morgan fingerprint density at radius 2 is 1.92 bits per heavy atom. The predicted molar refractivity (Wildman–Crippen MR) is 95.8 cm³/mol. The van der Waals surface area contributed by atoms with Crippen LogP contribution in [0.15, 0.2) is 23.3 Å². The minimum atomic E-state index is -0.164. The monoisotopic (exact) mass is 340 g/mol. The third-order valence-electron chi connectivity index (χ3n) is 8.31. The number of fused-ring (bicyclic) bond motifs is 5. The Labute approximate surface area is 149 Å². The molecule has 6 atom stereocenters. The molecule has 0 N–H and O–H groups in total. The van der Waals surface area contributed by atoms with Crippen molar-refractivity contribution in [3.05, 3.63) is 23.3 Å². The zero-order chi connectivity index (χ0) is 18.0. The molecular weight excluding hydrogens is 312 g/mol. The lowest BCUT2D eigenvalue weighted by atomic mass is 9.47. The first-order valence-corrected chi connectivity index (χ1v) is 9.75. The summed E-state index contributed by atoms with van der Waals surface area (Å²) in [5.41, 5.74) is 1.52. The van der Waals surface area contributed by atoms with E-state index in [0.717, 1.165) is 44.8 Å². The van der Waals surface area contributed by atoms with Gasteiger partial charge < -0.3 is 0 Å². The molecule has 3 heteroatoms. The van der Waals surface area contributed by atoms with Gasteiger partial charge in [0, 0.05) is 11.3 Å². The largest absolute Gasteiger partial charge is 0.300 e. The van der Waals surface area contributed by atoms with Gasteiger partial charge in [-0.15, -0.1) is 0 Å². The number of aldehydes is 1. The van der Waals surface area contributed by atoms with Crippen molar-refractivity contribution in [2.24, 2.45) is 34.5 Å². The van der Waals surface area contributed by atoms with Crippen molar-refractivity contribution in [2.75, 3.05) is 0 Å². The van der Waals surface area contributed by atoms with Crippen molar-refractivity contribution in [1.82, 2.24) is 0 Å². The lowest BCUT2D eigenvalue weighted by molar-refractivity contribution is -0.127. The molecule has 0 aromatic heterocycles. The molecule has 4 rings (SSSR count). The molecule has 3 saturated carbocycles. The number of hydrogen-bond acceptors (Lipinski definition) is 3. The minimum absolute atomic E-state index is 0.126. The first-order chi connectivity index (χ1) is 11.8. The minimum Gasteiger partial charge on any atom is -0.300 e. The van der Waals surface area contributed by atoms with Gasteiger partial charge in [0.05, 0.1) is 5.57 Å². The zero-order valence-corrected chi connectivity index (χ0v) is 15.5. The van der Waals surface area contributed by atoms with Crippen molar-refractivity contribution in [3.8, 4) is 0 Å². The molecule has 0 aliphatic heterocycles. The van der Waals surface area contributed by atoms with Crippen molar-refractivity contribution in [2.45, 2.75) is 59.3 Å². The quantitative estimate of drug-likeness (QED) is 0.562. The SMILES string of the molecule is CC(=O)[C@H]1CC[C@H]2[C@@H]3CCC4=CC(=O)C(C=O)=C[C@]4(C)[C@H]3CC[C@]12C. The molecule has 0 spiro atoms. The third kappa shape index (κ3) is 2.20. The van der Waals surface area contributed by atoms with Gasteiger partial charge >= 0.3 is 0 Å². The summed E-state index contributed by atoms with van der Waals surface area (Å²) >= 11 is 0.